The monoisotopic (exact) mass is 423 g/mol. The molecule has 2 heterocycles. The highest BCUT2D eigenvalue weighted by Gasteiger charge is 2.24. The predicted octanol–water partition coefficient (Wildman–Crippen LogP) is 4.46. The smallest absolute Gasteiger partial charge is 0.237 e. The third kappa shape index (κ3) is 4.82. The summed E-state index contributed by atoms with van der Waals surface area (Å²) in [7, 11) is 1.56. The molecule has 0 spiro atoms. The number of hydrogen-bond acceptors (Lipinski definition) is 5. The van der Waals surface area contributed by atoms with E-state index in [1.807, 2.05) is 13.8 Å². The maximum atomic E-state index is 12.8. The van der Waals surface area contributed by atoms with Gasteiger partial charge in [0.05, 0.1) is 36.4 Å². The van der Waals surface area contributed by atoms with Gasteiger partial charge in [0, 0.05) is 17.3 Å². The molecule has 1 aromatic heterocycles. The first-order valence-electron chi connectivity index (χ1n) is 9.35. The number of aromatic nitrogens is 2. The van der Waals surface area contributed by atoms with Gasteiger partial charge in [-0.2, -0.15) is 0 Å². The van der Waals surface area contributed by atoms with Crippen molar-refractivity contribution in [3.63, 3.8) is 0 Å². The van der Waals surface area contributed by atoms with Crippen molar-refractivity contribution in [1.29, 1.82) is 0 Å². The number of nitrogens with one attached hydrogen (secondary N) is 1. The predicted molar refractivity (Wildman–Crippen MR) is 113 cm³/mol. The SMILES string of the molecule is COc1ccc(Cl)cc1NC(=O)C(C)Sc1nc(C)c(C)n1CC1CCCO1. The summed E-state index contributed by atoms with van der Waals surface area (Å²) < 4.78 is 13.2. The molecule has 1 aliphatic rings. The van der Waals surface area contributed by atoms with Gasteiger partial charge in [0.1, 0.15) is 5.75 Å². The van der Waals surface area contributed by atoms with Crippen LogP contribution in [0.5, 0.6) is 5.75 Å². The lowest BCUT2D eigenvalue weighted by Gasteiger charge is -2.17. The van der Waals surface area contributed by atoms with Gasteiger partial charge in [0.15, 0.2) is 5.16 Å². The van der Waals surface area contributed by atoms with Crippen LogP contribution < -0.4 is 10.1 Å². The van der Waals surface area contributed by atoms with Gasteiger partial charge >= 0.3 is 0 Å². The summed E-state index contributed by atoms with van der Waals surface area (Å²) in [5.41, 5.74) is 2.65. The third-order valence-electron chi connectivity index (χ3n) is 4.90. The van der Waals surface area contributed by atoms with Crippen molar-refractivity contribution in [3.05, 3.63) is 34.6 Å². The molecule has 152 valence electrons. The van der Waals surface area contributed by atoms with Crippen LogP contribution in [0.3, 0.4) is 0 Å². The van der Waals surface area contributed by atoms with E-state index in [2.05, 4.69) is 21.8 Å². The number of anilines is 1. The van der Waals surface area contributed by atoms with Crippen molar-refractivity contribution in [3.8, 4) is 5.75 Å². The average Bonchev–Trinajstić information content (AvgIpc) is 3.26. The number of ether oxygens (including phenoxy) is 2. The summed E-state index contributed by atoms with van der Waals surface area (Å²) in [6.45, 7) is 7.51. The first-order chi connectivity index (χ1) is 13.4. The zero-order valence-electron chi connectivity index (χ0n) is 16.6. The molecule has 0 bridgehead atoms. The summed E-state index contributed by atoms with van der Waals surface area (Å²) in [6.07, 6.45) is 2.37. The van der Waals surface area contributed by atoms with Gasteiger partial charge in [-0.05, 0) is 51.8 Å². The Labute approximate surface area is 175 Å². The van der Waals surface area contributed by atoms with E-state index in [1.165, 1.54) is 11.8 Å². The van der Waals surface area contributed by atoms with Crippen molar-refractivity contribution < 1.29 is 14.3 Å². The van der Waals surface area contributed by atoms with Crippen LogP contribution in [0.15, 0.2) is 23.4 Å². The Morgan fingerprint density at radius 1 is 1.50 bits per heavy atom. The lowest BCUT2D eigenvalue weighted by Crippen LogP contribution is -2.24. The number of imidazole rings is 1. The summed E-state index contributed by atoms with van der Waals surface area (Å²) >= 11 is 7.50. The molecule has 3 rings (SSSR count). The standard InChI is InChI=1S/C20H26ClN3O3S/c1-12-13(2)24(11-16-6-5-9-27-16)20(22-12)28-14(3)19(25)23-17-10-15(21)7-8-18(17)26-4/h7-8,10,14,16H,5-6,9,11H2,1-4H3,(H,23,25). The van der Waals surface area contributed by atoms with Crippen LogP contribution in [0, 0.1) is 13.8 Å². The number of hydrogen-bond donors (Lipinski definition) is 1. The lowest BCUT2D eigenvalue weighted by atomic mass is 10.2. The van der Waals surface area contributed by atoms with E-state index in [0.29, 0.717) is 16.5 Å². The van der Waals surface area contributed by atoms with E-state index >= 15 is 0 Å². The van der Waals surface area contributed by atoms with E-state index in [0.717, 1.165) is 42.5 Å². The summed E-state index contributed by atoms with van der Waals surface area (Å²) in [4.78, 5) is 17.4. The molecule has 0 aliphatic carbocycles. The second kappa shape index (κ2) is 9.20. The van der Waals surface area contributed by atoms with Gasteiger partial charge in [0.25, 0.3) is 0 Å². The first-order valence-corrected chi connectivity index (χ1v) is 10.6. The largest absolute Gasteiger partial charge is 0.495 e. The minimum absolute atomic E-state index is 0.132. The van der Waals surface area contributed by atoms with Crippen molar-refractivity contribution >= 4 is 35.0 Å². The fourth-order valence-corrected chi connectivity index (χ4v) is 4.33. The second-order valence-corrected chi connectivity index (χ2v) is 8.65. The van der Waals surface area contributed by atoms with E-state index in [1.54, 1.807) is 25.3 Å². The molecule has 1 N–H and O–H groups in total. The zero-order valence-corrected chi connectivity index (χ0v) is 18.2. The number of nitrogens with zero attached hydrogens (tertiary/aromatic N) is 2. The number of benzene rings is 1. The van der Waals surface area contributed by atoms with E-state index in [4.69, 9.17) is 21.1 Å². The molecule has 2 unspecified atom stereocenters. The molecule has 6 nitrogen and oxygen atoms in total. The zero-order chi connectivity index (χ0) is 20.3. The van der Waals surface area contributed by atoms with Gasteiger partial charge in [-0.3, -0.25) is 4.79 Å². The molecule has 1 saturated heterocycles. The Hall–Kier alpha value is -1.70. The number of aryl methyl sites for hydroxylation is 1. The topological polar surface area (TPSA) is 65.4 Å². The molecule has 28 heavy (non-hydrogen) atoms. The number of carbonyl (C=O) groups is 1. The number of methoxy groups -OCH3 is 1. The molecule has 2 aromatic rings. The number of thioether (sulfide) groups is 1. The molecular weight excluding hydrogens is 398 g/mol. The average molecular weight is 424 g/mol. The van der Waals surface area contributed by atoms with Crippen LogP contribution in [0.1, 0.15) is 31.2 Å². The molecule has 8 heteroatoms. The van der Waals surface area contributed by atoms with Gasteiger partial charge in [-0.25, -0.2) is 4.98 Å². The Balaban J connectivity index is 1.72. The minimum atomic E-state index is -0.340. The van der Waals surface area contributed by atoms with Gasteiger partial charge in [-0.1, -0.05) is 23.4 Å². The maximum Gasteiger partial charge on any atom is 0.237 e. The third-order valence-corrected chi connectivity index (χ3v) is 6.23. The van der Waals surface area contributed by atoms with Crippen LogP contribution in [-0.2, 0) is 16.1 Å². The molecule has 1 aromatic carbocycles. The highest BCUT2D eigenvalue weighted by Crippen LogP contribution is 2.31. The number of amides is 1. The van der Waals surface area contributed by atoms with Crippen LogP contribution in [0.4, 0.5) is 5.69 Å². The maximum absolute atomic E-state index is 12.8. The summed E-state index contributed by atoms with van der Waals surface area (Å²) in [6, 6.07) is 5.14. The fourth-order valence-electron chi connectivity index (χ4n) is 3.14. The molecule has 2 atom stereocenters. The summed E-state index contributed by atoms with van der Waals surface area (Å²) in [5, 5.41) is 3.94. The van der Waals surface area contributed by atoms with Crippen molar-refractivity contribution in [1.82, 2.24) is 9.55 Å². The Morgan fingerprint density at radius 2 is 2.29 bits per heavy atom. The molecular formula is C20H26ClN3O3S. The molecule has 1 aliphatic heterocycles. The molecule has 1 fully saturated rings. The van der Waals surface area contributed by atoms with Crippen LogP contribution >= 0.6 is 23.4 Å². The van der Waals surface area contributed by atoms with Crippen LogP contribution in [0.2, 0.25) is 5.02 Å². The fraction of sp³-hybridized carbons (Fsp3) is 0.500. The minimum Gasteiger partial charge on any atom is -0.495 e. The van der Waals surface area contributed by atoms with Crippen molar-refractivity contribution in [2.45, 2.75) is 56.7 Å². The first kappa shape index (κ1) is 21.0. The van der Waals surface area contributed by atoms with E-state index < -0.39 is 0 Å². The van der Waals surface area contributed by atoms with E-state index in [-0.39, 0.29) is 17.3 Å². The molecule has 0 radical (unpaired) electrons. The molecule has 0 saturated carbocycles. The number of rotatable bonds is 7. The highest BCUT2D eigenvalue weighted by molar-refractivity contribution is 8.00. The number of halogens is 1. The second-order valence-electron chi connectivity index (χ2n) is 6.90. The number of carbonyl (C=O) groups excluding carboxylic acids is 1. The Kier molecular flexibility index (Phi) is 6.91. The summed E-state index contributed by atoms with van der Waals surface area (Å²) in [5.74, 6) is 0.439. The highest BCUT2D eigenvalue weighted by atomic mass is 35.5. The van der Waals surface area contributed by atoms with Crippen molar-refractivity contribution in [2.75, 3.05) is 19.0 Å². The Bertz CT molecular complexity index is 849. The van der Waals surface area contributed by atoms with Crippen molar-refractivity contribution in [2.24, 2.45) is 0 Å². The van der Waals surface area contributed by atoms with Gasteiger partial charge < -0.3 is 19.4 Å². The van der Waals surface area contributed by atoms with Crippen LogP contribution in [-0.4, -0.2) is 40.5 Å². The van der Waals surface area contributed by atoms with Gasteiger partial charge in [-0.15, -0.1) is 0 Å². The molecule has 1 amide bonds. The lowest BCUT2D eigenvalue weighted by molar-refractivity contribution is -0.115. The van der Waals surface area contributed by atoms with E-state index in [9.17, 15) is 4.79 Å². The Morgan fingerprint density at radius 3 is 2.96 bits per heavy atom. The van der Waals surface area contributed by atoms with Gasteiger partial charge in [0.2, 0.25) is 5.91 Å². The normalized spacial score (nSPS) is 17.5. The van der Waals surface area contributed by atoms with Crippen LogP contribution in [0.25, 0.3) is 0 Å². The quantitative estimate of drug-likeness (QED) is 0.666.